The maximum Gasteiger partial charge on any atom is 0.0645 e. The lowest BCUT2D eigenvalue weighted by Gasteiger charge is -2.26. The van der Waals surface area contributed by atoms with Gasteiger partial charge in [-0.05, 0) is 142 Å². The zero-order valence-corrected chi connectivity index (χ0v) is 32.7. The van der Waals surface area contributed by atoms with E-state index in [0.29, 0.717) is 16.7 Å². The lowest BCUT2D eigenvalue weighted by molar-refractivity contribution is 1.28. The third kappa shape index (κ3) is 7.03. The molecular formula is C60H41N. The highest BCUT2D eigenvalue weighted by molar-refractivity contribution is 6.08. The number of rotatable bonds is 8. The lowest BCUT2D eigenvalue weighted by atomic mass is 9.95. The van der Waals surface area contributed by atoms with E-state index in [1.54, 1.807) is 48.5 Å². The fourth-order valence-corrected chi connectivity index (χ4v) is 7.99. The smallest absolute Gasteiger partial charge is 0.0645 e. The maximum atomic E-state index is 9.70. The molecule has 0 radical (unpaired) electrons. The van der Waals surface area contributed by atoms with Gasteiger partial charge in [0.25, 0.3) is 0 Å². The first-order chi connectivity index (χ1) is 35.2. The summed E-state index contributed by atoms with van der Waals surface area (Å²) < 4.78 is 115. The van der Waals surface area contributed by atoms with Crippen LogP contribution in [0.2, 0.25) is 0 Å². The van der Waals surface area contributed by atoms with Gasteiger partial charge in [-0.2, -0.15) is 0 Å². The second-order valence-corrected chi connectivity index (χ2v) is 14.8. The van der Waals surface area contributed by atoms with Crippen LogP contribution in [-0.2, 0) is 0 Å². The summed E-state index contributed by atoms with van der Waals surface area (Å²) in [6.07, 6.45) is 0. The Morgan fingerprint density at radius 2 is 0.656 bits per heavy atom. The Balaban J connectivity index is 1.14. The molecule has 11 rings (SSSR count). The molecule has 11 aromatic carbocycles. The van der Waals surface area contributed by atoms with E-state index in [9.17, 15) is 16.4 Å². The molecule has 0 aliphatic rings. The van der Waals surface area contributed by atoms with Crippen molar-refractivity contribution in [3.63, 3.8) is 0 Å². The molecule has 0 N–H and O–H groups in total. The molecule has 0 spiro atoms. The van der Waals surface area contributed by atoms with Crippen molar-refractivity contribution < 1.29 is 16.4 Å². The van der Waals surface area contributed by atoms with Gasteiger partial charge >= 0.3 is 0 Å². The molecule has 0 heterocycles. The summed E-state index contributed by atoms with van der Waals surface area (Å²) in [6, 6.07) is 47.4. The van der Waals surface area contributed by atoms with E-state index in [0.717, 1.165) is 59.5 Å². The number of anilines is 3. The molecule has 286 valence electrons. The Morgan fingerprint density at radius 1 is 0.246 bits per heavy atom. The number of fused-ring (bicyclic) bond motifs is 4. The van der Waals surface area contributed by atoms with Gasteiger partial charge in [-0.25, -0.2) is 0 Å². The van der Waals surface area contributed by atoms with Gasteiger partial charge in [0, 0.05) is 17.1 Å². The molecule has 0 amide bonds. The van der Waals surface area contributed by atoms with Crippen molar-refractivity contribution in [2.24, 2.45) is 0 Å². The molecule has 0 aliphatic carbocycles. The number of nitrogens with zero attached hydrogens (tertiary/aromatic N) is 1. The Labute approximate surface area is 373 Å². The van der Waals surface area contributed by atoms with Crippen LogP contribution < -0.4 is 4.90 Å². The first-order valence-corrected chi connectivity index (χ1v) is 20.0. The van der Waals surface area contributed by atoms with E-state index in [1.165, 1.54) is 0 Å². The summed E-state index contributed by atoms with van der Waals surface area (Å²) in [5.74, 6) is 0. The molecule has 0 unspecified atom stereocenters. The lowest BCUT2D eigenvalue weighted by Crippen LogP contribution is -2.09. The van der Waals surface area contributed by atoms with Gasteiger partial charge in [0.1, 0.15) is 0 Å². The molecule has 0 aromatic heterocycles. The van der Waals surface area contributed by atoms with Crippen molar-refractivity contribution >= 4 is 49.4 Å². The molecule has 0 aliphatic heterocycles. The second kappa shape index (κ2) is 15.6. The average molecular weight is 788 g/mol. The average Bonchev–Trinajstić information content (AvgIpc) is 3.41. The van der Waals surface area contributed by atoms with Crippen LogP contribution in [-0.4, -0.2) is 0 Å². The molecule has 0 saturated heterocycles. The van der Waals surface area contributed by atoms with Gasteiger partial charge in [-0.3, -0.25) is 0 Å². The van der Waals surface area contributed by atoms with Crippen molar-refractivity contribution in [2.75, 3.05) is 4.90 Å². The minimum Gasteiger partial charge on any atom is -0.311 e. The highest BCUT2D eigenvalue weighted by Crippen LogP contribution is 2.39. The van der Waals surface area contributed by atoms with Crippen LogP contribution in [0.3, 0.4) is 0 Å². The Hall–Kier alpha value is -8.00. The molecule has 0 bridgehead atoms. The maximum absolute atomic E-state index is 9.70. The molecular weight excluding hydrogens is 735 g/mol. The van der Waals surface area contributed by atoms with Gasteiger partial charge in [-0.1, -0.05) is 194 Å². The largest absolute Gasteiger partial charge is 0.311 e. The standard InChI is InChI=1S/C60H41N/c1-2-11-42(12-3-1)48-16-8-17-49(39-48)43-25-32-54(33-26-43)61(56-36-29-45(30-37-56)51-31-38-60-53(41-51)24-23-47-14-5-7-21-58(47)60)55-34-27-44(28-35-55)50-18-9-19-52(40-50)59-22-10-15-46-13-4-6-20-57(46)59/h1-41H/i25D,26D,27D,28D,29D,30D,32D,33D,34D,35D,36D,37D. The van der Waals surface area contributed by atoms with Crippen molar-refractivity contribution in [3.8, 4) is 55.6 Å². The molecule has 11 aromatic rings. The Kier molecular flexibility index (Phi) is 6.53. The summed E-state index contributed by atoms with van der Waals surface area (Å²) in [6.45, 7) is 0. The summed E-state index contributed by atoms with van der Waals surface area (Å²) in [4.78, 5) is 0.860. The predicted molar refractivity (Wildman–Crippen MR) is 261 cm³/mol. The highest BCUT2D eigenvalue weighted by Gasteiger charge is 2.15. The van der Waals surface area contributed by atoms with Gasteiger partial charge in [-0.15, -0.1) is 0 Å². The first kappa shape index (κ1) is 25.5. The van der Waals surface area contributed by atoms with E-state index >= 15 is 0 Å². The van der Waals surface area contributed by atoms with Gasteiger partial charge in [0.2, 0.25) is 0 Å². The third-order valence-electron chi connectivity index (χ3n) is 11.1. The number of hydrogen-bond acceptors (Lipinski definition) is 1. The normalized spacial score (nSPS) is 14.0. The topological polar surface area (TPSA) is 3.24 Å². The monoisotopic (exact) mass is 787 g/mol. The molecule has 0 saturated carbocycles. The number of hydrogen-bond donors (Lipinski definition) is 0. The van der Waals surface area contributed by atoms with Crippen LogP contribution in [0.4, 0.5) is 17.1 Å². The fraction of sp³-hybridized carbons (Fsp3) is 0. The van der Waals surface area contributed by atoms with Crippen molar-refractivity contribution in [1.82, 2.24) is 0 Å². The molecule has 0 fully saturated rings. The summed E-state index contributed by atoms with van der Waals surface area (Å²) in [7, 11) is 0. The van der Waals surface area contributed by atoms with Crippen LogP contribution in [0.25, 0.3) is 88.0 Å². The van der Waals surface area contributed by atoms with Crippen LogP contribution in [0, 0.1) is 0 Å². The fourth-order valence-electron chi connectivity index (χ4n) is 7.99. The number of benzene rings is 11. The molecule has 0 atom stereocenters. The van der Waals surface area contributed by atoms with Crippen molar-refractivity contribution in [2.45, 2.75) is 0 Å². The van der Waals surface area contributed by atoms with Gasteiger partial charge in [0.15, 0.2) is 0 Å². The molecule has 1 heteroatoms. The minimum absolute atomic E-state index is 0.0528. The van der Waals surface area contributed by atoms with Crippen LogP contribution in [0.15, 0.2) is 248 Å². The van der Waals surface area contributed by atoms with Crippen molar-refractivity contribution in [1.29, 1.82) is 0 Å². The summed E-state index contributed by atoms with van der Waals surface area (Å²) >= 11 is 0. The van der Waals surface area contributed by atoms with E-state index in [1.807, 2.05) is 127 Å². The zero-order valence-electron chi connectivity index (χ0n) is 44.7. The van der Waals surface area contributed by atoms with Crippen LogP contribution >= 0.6 is 0 Å². The molecule has 1 nitrogen and oxygen atoms in total. The predicted octanol–water partition coefficient (Wildman–Crippen LogP) is 17.0. The Morgan fingerprint density at radius 3 is 1.28 bits per heavy atom. The third-order valence-corrected chi connectivity index (χ3v) is 11.1. The Bertz CT molecular complexity index is 3990. The summed E-state index contributed by atoms with van der Waals surface area (Å²) in [5, 5.41) is 5.72. The van der Waals surface area contributed by atoms with Crippen LogP contribution in [0.1, 0.15) is 16.4 Å². The highest BCUT2D eigenvalue weighted by atomic mass is 15.1. The second-order valence-electron chi connectivity index (χ2n) is 14.8. The van der Waals surface area contributed by atoms with E-state index in [2.05, 4.69) is 0 Å². The van der Waals surface area contributed by atoms with E-state index in [4.69, 9.17) is 0 Å². The zero-order chi connectivity index (χ0) is 51.0. The van der Waals surface area contributed by atoms with E-state index in [-0.39, 0.29) is 16.7 Å². The van der Waals surface area contributed by atoms with Gasteiger partial charge < -0.3 is 4.90 Å². The quantitative estimate of drug-likeness (QED) is 0.139. The van der Waals surface area contributed by atoms with E-state index < -0.39 is 89.6 Å². The first-order valence-electron chi connectivity index (χ1n) is 26.0. The SMILES string of the molecule is [2H]c1c([2H])c(N(c2c([2H])c([2H])c(-c3cccc(-c4cccc5ccccc45)c3)c([2H])c2[2H])c2c([2H])c([2H])c(-c3ccc4c(ccc5ccccc54)c3)c([2H])c2[2H])c([2H])c([2H])c1-c1cccc(-c2ccccc2)c1. The minimum atomic E-state index is -0.675. The van der Waals surface area contributed by atoms with Gasteiger partial charge in [0.05, 0.1) is 16.4 Å². The summed E-state index contributed by atoms with van der Waals surface area (Å²) in [5.41, 5.74) is 2.45. The van der Waals surface area contributed by atoms with Crippen LogP contribution in [0.5, 0.6) is 0 Å². The van der Waals surface area contributed by atoms with Crippen molar-refractivity contribution in [3.05, 3.63) is 248 Å². The molecule has 61 heavy (non-hydrogen) atoms.